The molecule has 0 saturated heterocycles. The molecule has 4 heteroatoms. The standard InChI is InChI=1S/C27H42O4/c1-19-18-22(12-8-6-7-10-14-26(4,5)24(28)29)21(3)23(20(19)2)13-9-11-15-27(16-17-27)25(30)31/h18H,6-17H2,1-5H3,(H,28,29)(H,30,31). The van der Waals surface area contributed by atoms with E-state index in [0.29, 0.717) is 0 Å². The smallest absolute Gasteiger partial charge is 0.309 e. The van der Waals surface area contributed by atoms with Crippen LogP contribution < -0.4 is 0 Å². The van der Waals surface area contributed by atoms with Crippen molar-refractivity contribution >= 4 is 11.9 Å². The Morgan fingerprint density at radius 1 is 0.903 bits per heavy atom. The van der Waals surface area contributed by atoms with Gasteiger partial charge in [-0.25, -0.2) is 0 Å². The van der Waals surface area contributed by atoms with Crippen molar-refractivity contribution in [2.24, 2.45) is 10.8 Å². The maximum Gasteiger partial charge on any atom is 0.309 e. The first-order valence-corrected chi connectivity index (χ1v) is 12.1. The number of hydrogen-bond donors (Lipinski definition) is 2. The Morgan fingerprint density at radius 2 is 1.52 bits per heavy atom. The van der Waals surface area contributed by atoms with Crippen molar-refractivity contribution in [3.05, 3.63) is 33.9 Å². The van der Waals surface area contributed by atoms with Crippen LogP contribution >= 0.6 is 0 Å². The van der Waals surface area contributed by atoms with Crippen molar-refractivity contribution < 1.29 is 19.8 Å². The average Bonchev–Trinajstić information content (AvgIpc) is 3.48. The molecule has 2 N–H and O–H groups in total. The Kier molecular flexibility index (Phi) is 8.73. The quantitative estimate of drug-likeness (QED) is 0.319. The van der Waals surface area contributed by atoms with E-state index >= 15 is 0 Å². The third-order valence-electron chi connectivity index (χ3n) is 7.59. The molecule has 31 heavy (non-hydrogen) atoms. The van der Waals surface area contributed by atoms with Crippen LogP contribution in [0.1, 0.15) is 106 Å². The van der Waals surface area contributed by atoms with Gasteiger partial charge in [-0.3, -0.25) is 9.59 Å². The topological polar surface area (TPSA) is 74.6 Å². The first-order chi connectivity index (χ1) is 14.5. The van der Waals surface area contributed by atoms with Crippen molar-refractivity contribution in [1.82, 2.24) is 0 Å². The van der Waals surface area contributed by atoms with Crippen LogP contribution in [0.3, 0.4) is 0 Å². The van der Waals surface area contributed by atoms with Crippen LogP contribution in [-0.2, 0) is 22.4 Å². The Morgan fingerprint density at radius 3 is 2.10 bits per heavy atom. The molecule has 0 atom stereocenters. The number of rotatable bonds is 14. The van der Waals surface area contributed by atoms with Crippen LogP contribution in [0.2, 0.25) is 0 Å². The summed E-state index contributed by atoms with van der Waals surface area (Å²) in [6, 6.07) is 2.34. The fraction of sp³-hybridized carbons (Fsp3) is 0.704. The van der Waals surface area contributed by atoms with Crippen LogP contribution in [0.25, 0.3) is 0 Å². The molecule has 1 fully saturated rings. The van der Waals surface area contributed by atoms with Crippen molar-refractivity contribution in [3.8, 4) is 0 Å². The lowest BCUT2D eigenvalue weighted by Gasteiger charge is -2.19. The average molecular weight is 431 g/mol. The fourth-order valence-corrected chi connectivity index (χ4v) is 4.66. The molecule has 0 heterocycles. The number of aliphatic carboxylic acids is 2. The highest BCUT2D eigenvalue weighted by Gasteiger charge is 2.49. The summed E-state index contributed by atoms with van der Waals surface area (Å²) in [6.45, 7) is 10.3. The van der Waals surface area contributed by atoms with E-state index in [9.17, 15) is 19.8 Å². The van der Waals surface area contributed by atoms with Crippen molar-refractivity contribution in [2.75, 3.05) is 0 Å². The molecule has 0 amide bonds. The molecule has 0 radical (unpaired) electrons. The summed E-state index contributed by atoms with van der Waals surface area (Å²) in [6.07, 6.45) is 11.7. The molecule has 1 aromatic rings. The van der Waals surface area contributed by atoms with Crippen LogP contribution in [0.4, 0.5) is 0 Å². The molecule has 2 rings (SSSR count). The van der Waals surface area contributed by atoms with Gasteiger partial charge < -0.3 is 10.2 Å². The molecule has 1 saturated carbocycles. The van der Waals surface area contributed by atoms with Crippen LogP contribution in [0.15, 0.2) is 6.07 Å². The van der Waals surface area contributed by atoms with Gasteiger partial charge in [-0.05, 0) is 114 Å². The van der Waals surface area contributed by atoms with Gasteiger partial charge in [-0.2, -0.15) is 0 Å². The number of unbranched alkanes of at least 4 members (excludes halogenated alkanes) is 4. The molecule has 0 bridgehead atoms. The van der Waals surface area contributed by atoms with Crippen molar-refractivity contribution in [1.29, 1.82) is 0 Å². The summed E-state index contributed by atoms with van der Waals surface area (Å²) in [5.41, 5.74) is 6.02. The molecule has 1 aliphatic carbocycles. The number of benzene rings is 1. The lowest BCUT2D eigenvalue weighted by molar-refractivity contribution is -0.147. The maximum absolute atomic E-state index is 11.4. The fourth-order valence-electron chi connectivity index (χ4n) is 4.66. The number of hydrogen-bond acceptors (Lipinski definition) is 2. The Labute approximate surface area is 188 Å². The molecule has 4 nitrogen and oxygen atoms in total. The van der Waals surface area contributed by atoms with Gasteiger partial charge in [0.1, 0.15) is 0 Å². The van der Waals surface area contributed by atoms with E-state index in [4.69, 9.17) is 0 Å². The van der Waals surface area contributed by atoms with Gasteiger partial charge in [0, 0.05) is 0 Å². The SMILES string of the molecule is Cc1cc(CCCCCCC(C)(C)C(=O)O)c(C)c(CCCCC2(C(=O)O)CC2)c1C. The van der Waals surface area contributed by atoms with Gasteiger partial charge in [0.15, 0.2) is 0 Å². The van der Waals surface area contributed by atoms with E-state index in [2.05, 4.69) is 26.8 Å². The van der Waals surface area contributed by atoms with Gasteiger partial charge >= 0.3 is 11.9 Å². The van der Waals surface area contributed by atoms with Crippen LogP contribution in [0.5, 0.6) is 0 Å². The number of carboxylic acid groups (broad SMARTS) is 2. The molecule has 1 aliphatic rings. The minimum Gasteiger partial charge on any atom is -0.481 e. The highest BCUT2D eigenvalue weighted by Crippen LogP contribution is 2.50. The van der Waals surface area contributed by atoms with E-state index in [1.807, 2.05) is 0 Å². The van der Waals surface area contributed by atoms with Gasteiger partial charge in [-0.1, -0.05) is 31.7 Å². The van der Waals surface area contributed by atoms with Gasteiger partial charge in [0.25, 0.3) is 0 Å². The third kappa shape index (κ3) is 6.82. The summed E-state index contributed by atoms with van der Waals surface area (Å²) < 4.78 is 0. The summed E-state index contributed by atoms with van der Waals surface area (Å²) >= 11 is 0. The third-order valence-corrected chi connectivity index (χ3v) is 7.59. The van der Waals surface area contributed by atoms with E-state index < -0.39 is 22.8 Å². The molecule has 174 valence electrons. The highest BCUT2D eigenvalue weighted by molar-refractivity contribution is 5.77. The van der Waals surface area contributed by atoms with Gasteiger partial charge in [0.05, 0.1) is 10.8 Å². The molecular weight excluding hydrogens is 388 g/mol. The maximum atomic E-state index is 11.4. The second kappa shape index (κ2) is 10.7. The van der Waals surface area contributed by atoms with Crippen molar-refractivity contribution in [2.45, 2.75) is 112 Å². The molecule has 0 aliphatic heterocycles. The first kappa shape index (κ1) is 25.4. The molecule has 1 aromatic carbocycles. The number of carbonyl (C=O) groups is 2. The van der Waals surface area contributed by atoms with E-state index in [1.165, 1.54) is 27.8 Å². The lowest BCUT2D eigenvalue weighted by Crippen LogP contribution is -2.23. The van der Waals surface area contributed by atoms with E-state index in [1.54, 1.807) is 13.8 Å². The molecule has 0 aromatic heterocycles. The van der Waals surface area contributed by atoms with Gasteiger partial charge in [-0.15, -0.1) is 0 Å². The lowest BCUT2D eigenvalue weighted by atomic mass is 9.86. The Bertz CT molecular complexity index is 787. The summed E-state index contributed by atoms with van der Waals surface area (Å²) in [5, 5.41) is 18.6. The summed E-state index contributed by atoms with van der Waals surface area (Å²) in [5.74, 6) is -1.31. The number of carboxylic acids is 2. The van der Waals surface area contributed by atoms with E-state index in [-0.39, 0.29) is 0 Å². The predicted molar refractivity (Wildman–Crippen MR) is 126 cm³/mol. The molecular formula is C27H42O4. The molecule has 0 unspecified atom stereocenters. The van der Waals surface area contributed by atoms with Crippen LogP contribution in [-0.4, -0.2) is 22.2 Å². The Hall–Kier alpha value is -1.84. The predicted octanol–water partition coefficient (Wildman–Crippen LogP) is 6.79. The number of aryl methyl sites for hydroxylation is 2. The second-order valence-corrected chi connectivity index (χ2v) is 10.5. The zero-order chi connectivity index (χ0) is 23.2. The zero-order valence-electron chi connectivity index (χ0n) is 20.3. The second-order valence-electron chi connectivity index (χ2n) is 10.5. The normalized spacial score (nSPS) is 15.1. The minimum absolute atomic E-state index is 0.401. The Balaban J connectivity index is 1.82. The summed E-state index contributed by atoms with van der Waals surface area (Å²) in [4.78, 5) is 22.6. The van der Waals surface area contributed by atoms with Crippen molar-refractivity contribution in [3.63, 3.8) is 0 Å². The largest absolute Gasteiger partial charge is 0.481 e. The molecule has 0 spiro atoms. The van der Waals surface area contributed by atoms with Gasteiger partial charge in [0.2, 0.25) is 0 Å². The zero-order valence-corrected chi connectivity index (χ0v) is 20.3. The highest BCUT2D eigenvalue weighted by atomic mass is 16.4. The first-order valence-electron chi connectivity index (χ1n) is 12.1. The summed E-state index contributed by atoms with van der Waals surface area (Å²) in [7, 11) is 0. The van der Waals surface area contributed by atoms with E-state index in [0.717, 1.165) is 77.0 Å². The minimum atomic E-state index is -0.707. The monoisotopic (exact) mass is 430 g/mol. The van der Waals surface area contributed by atoms with Crippen LogP contribution in [0, 0.1) is 31.6 Å².